The fraction of sp³-hybridized carbons (Fsp3) is 0.120. The number of hydrogen-bond donors (Lipinski definition) is 3. The third kappa shape index (κ3) is 5.98. The largest absolute Gasteiger partial charge is 0.872 e. The molecule has 0 spiro atoms. The number of ether oxygens (including phenoxy) is 1. The number of rotatable bonds is 9. The predicted molar refractivity (Wildman–Crippen MR) is 131 cm³/mol. The van der Waals surface area contributed by atoms with Gasteiger partial charge in [0.15, 0.2) is 0 Å². The van der Waals surface area contributed by atoms with E-state index in [0.717, 1.165) is 28.9 Å². The summed E-state index contributed by atoms with van der Waals surface area (Å²) in [6.45, 7) is 2.51. The van der Waals surface area contributed by atoms with Gasteiger partial charge in [-0.25, -0.2) is 5.43 Å². The van der Waals surface area contributed by atoms with E-state index in [4.69, 9.17) is 4.74 Å². The van der Waals surface area contributed by atoms with Crippen LogP contribution >= 0.6 is 11.8 Å². The third-order valence-electron chi connectivity index (χ3n) is 4.85. The van der Waals surface area contributed by atoms with Gasteiger partial charge in [0.05, 0.1) is 29.2 Å². The number of nitrogens with zero attached hydrogens (tertiary/aromatic N) is 3. The molecule has 0 fully saturated rings. The molecule has 1 aromatic heterocycles. The summed E-state index contributed by atoms with van der Waals surface area (Å²) in [5.41, 5.74) is 4.46. The minimum atomic E-state index is -0.390. The molecular formula is C25H23N5O4S. The Balaban J connectivity index is 1.50. The van der Waals surface area contributed by atoms with Crippen LogP contribution in [0.3, 0.4) is 0 Å². The molecule has 0 unspecified atom stereocenters. The first-order valence-electron chi connectivity index (χ1n) is 10.8. The monoisotopic (exact) mass is 489 g/mol. The van der Waals surface area contributed by atoms with Crippen molar-refractivity contribution >= 4 is 23.9 Å². The number of aromatic nitrogens is 3. The van der Waals surface area contributed by atoms with E-state index in [2.05, 4.69) is 20.7 Å². The van der Waals surface area contributed by atoms with Crippen molar-refractivity contribution in [1.82, 2.24) is 15.6 Å². The summed E-state index contributed by atoms with van der Waals surface area (Å²) in [7, 11) is 0. The molecule has 0 aliphatic heterocycles. The standard InChI is InChI=1S/C25H23N5O4S/c1-2-34-21-12-9-19(10-13-21)30-24(17-6-4-3-5-7-17)28-29-25(30)35-16-23(33)27-26-15-18-8-11-20(31)14-22(18)32/h3-15H,2,16H2,1H3,(H3,26,27,31,32,33). The van der Waals surface area contributed by atoms with Gasteiger partial charge in [-0.2, -0.15) is 9.67 Å². The summed E-state index contributed by atoms with van der Waals surface area (Å²) in [5.74, 6) is 0.711. The molecule has 0 atom stereocenters. The van der Waals surface area contributed by atoms with Gasteiger partial charge >= 0.3 is 5.16 Å². The van der Waals surface area contributed by atoms with Gasteiger partial charge in [0.25, 0.3) is 11.7 Å². The van der Waals surface area contributed by atoms with Crippen LogP contribution in [0.4, 0.5) is 0 Å². The fourth-order valence-corrected chi connectivity index (χ4v) is 4.01. The lowest BCUT2D eigenvalue weighted by Crippen LogP contribution is -2.34. The first-order valence-corrected chi connectivity index (χ1v) is 11.8. The normalized spacial score (nSPS) is 11.0. The molecular weight excluding hydrogens is 466 g/mol. The summed E-state index contributed by atoms with van der Waals surface area (Å²) >= 11 is 1.24. The highest BCUT2D eigenvalue weighted by atomic mass is 32.2. The topological polar surface area (TPSA) is 127 Å². The molecule has 0 bridgehead atoms. The van der Waals surface area contributed by atoms with E-state index < -0.39 is 5.75 Å². The van der Waals surface area contributed by atoms with E-state index in [1.807, 2.05) is 66.1 Å². The lowest BCUT2D eigenvalue weighted by molar-refractivity contribution is -0.625. The lowest BCUT2D eigenvalue weighted by Gasteiger charge is -2.09. The Kier molecular flexibility index (Phi) is 7.63. The number of hydrazone groups is 1. The van der Waals surface area contributed by atoms with Crippen molar-refractivity contribution in [3.63, 3.8) is 0 Å². The maximum atomic E-state index is 12.4. The van der Waals surface area contributed by atoms with Crippen molar-refractivity contribution in [2.45, 2.75) is 12.1 Å². The fourth-order valence-electron chi connectivity index (χ4n) is 3.25. The van der Waals surface area contributed by atoms with E-state index in [1.165, 1.54) is 30.1 Å². The van der Waals surface area contributed by atoms with Crippen LogP contribution in [-0.2, 0) is 4.79 Å². The van der Waals surface area contributed by atoms with Crippen molar-refractivity contribution in [3.8, 4) is 34.3 Å². The minimum absolute atomic E-state index is 0.0489. The molecule has 0 aliphatic rings. The summed E-state index contributed by atoms with van der Waals surface area (Å²) < 4.78 is 7.49. The molecule has 1 amide bonds. The number of benzene rings is 3. The molecule has 9 nitrogen and oxygen atoms in total. The van der Waals surface area contributed by atoms with Crippen molar-refractivity contribution in [1.29, 1.82) is 0 Å². The van der Waals surface area contributed by atoms with Gasteiger partial charge in [0.1, 0.15) is 17.2 Å². The van der Waals surface area contributed by atoms with Crippen LogP contribution in [0.5, 0.6) is 17.2 Å². The van der Waals surface area contributed by atoms with E-state index in [1.54, 1.807) is 0 Å². The lowest BCUT2D eigenvalue weighted by atomic mass is 10.2. The van der Waals surface area contributed by atoms with Gasteiger partial charge < -0.3 is 14.9 Å². The number of nitrogens with one attached hydrogen (secondary N) is 2. The van der Waals surface area contributed by atoms with Gasteiger partial charge in [-0.3, -0.25) is 4.79 Å². The van der Waals surface area contributed by atoms with Crippen molar-refractivity contribution in [3.05, 3.63) is 78.4 Å². The average molecular weight is 490 g/mol. The molecule has 4 rings (SSSR count). The number of amides is 1. The van der Waals surface area contributed by atoms with Gasteiger partial charge in [-0.15, -0.1) is 5.10 Å². The second kappa shape index (κ2) is 11.2. The van der Waals surface area contributed by atoms with E-state index >= 15 is 0 Å². The highest BCUT2D eigenvalue weighted by Gasteiger charge is 2.24. The van der Waals surface area contributed by atoms with E-state index in [-0.39, 0.29) is 23.0 Å². The van der Waals surface area contributed by atoms with Crippen molar-refractivity contribution in [2.24, 2.45) is 5.10 Å². The van der Waals surface area contributed by atoms with E-state index in [0.29, 0.717) is 11.8 Å². The Morgan fingerprint density at radius 2 is 1.97 bits per heavy atom. The Bertz CT molecular complexity index is 1320. The number of H-pyrrole nitrogens is 1. The highest BCUT2D eigenvalue weighted by molar-refractivity contribution is 7.99. The molecule has 10 heteroatoms. The molecule has 35 heavy (non-hydrogen) atoms. The van der Waals surface area contributed by atoms with Gasteiger partial charge in [-0.05, 0) is 72.8 Å². The average Bonchev–Trinajstić information content (AvgIpc) is 3.29. The van der Waals surface area contributed by atoms with Crippen molar-refractivity contribution in [2.75, 3.05) is 12.4 Å². The summed E-state index contributed by atoms with van der Waals surface area (Å²) in [6.07, 6.45) is 1.24. The highest BCUT2D eigenvalue weighted by Crippen LogP contribution is 2.22. The molecule has 3 aromatic carbocycles. The van der Waals surface area contributed by atoms with Crippen LogP contribution in [0.2, 0.25) is 0 Å². The number of aromatic amines is 1. The van der Waals surface area contributed by atoms with E-state index in [9.17, 15) is 15.0 Å². The van der Waals surface area contributed by atoms with Crippen LogP contribution in [-0.4, -0.2) is 39.8 Å². The SMILES string of the molecule is CCOc1ccc(-[n+]2c(SCC(=O)NN=Cc3ccc(O)cc3[O-])n[nH]c2-c2ccccc2)cc1. The molecule has 0 saturated heterocycles. The number of phenols is 1. The van der Waals surface area contributed by atoms with Crippen LogP contribution in [0.25, 0.3) is 17.1 Å². The summed E-state index contributed by atoms with van der Waals surface area (Å²) in [4.78, 5) is 12.4. The zero-order valence-electron chi connectivity index (χ0n) is 18.8. The van der Waals surface area contributed by atoms with Crippen LogP contribution in [0.1, 0.15) is 12.5 Å². The van der Waals surface area contributed by atoms with Gasteiger partial charge in [-0.1, -0.05) is 30.0 Å². The minimum Gasteiger partial charge on any atom is -0.872 e. The number of aromatic hydroxyl groups is 1. The van der Waals surface area contributed by atoms with Gasteiger partial charge in [0, 0.05) is 0 Å². The zero-order chi connectivity index (χ0) is 24.6. The number of hydrogen-bond acceptors (Lipinski definition) is 7. The molecule has 1 heterocycles. The quantitative estimate of drug-likeness (QED) is 0.144. The Morgan fingerprint density at radius 1 is 1.20 bits per heavy atom. The van der Waals surface area contributed by atoms with Crippen molar-refractivity contribution < 1.29 is 24.3 Å². The summed E-state index contributed by atoms with van der Waals surface area (Å²) in [5, 5.41) is 33.0. The van der Waals surface area contributed by atoms with Crippen LogP contribution < -0.4 is 19.8 Å². The number of thioether (sulfide) groups is 1. The Morgan fingerprint density at radius 3 is 2.69 bits per heavy atom. The second-order valence-electron chi connectivity index (χ2n) is 7.29. The predicted octanol–water partition coefficient (Wildman–Crippen LogP) is 2.77. The Labute approximate surface area is 206 Å². The molecule has 178 valence electrons. The number of carbonyl (C=O) groups excluding carboxylic acids is 1. The smallest absolute Gasteiger partial charge is 0.342 e. The number of phenolic OH excluding ortho intramolecular Hbond substituents is 1. The molecule has 3 N–H and O–H groups in total. The number of carbonyl (C=O) groups is 1. The second-order valence-corrected chi connectivity index (χ2v) is 8.23. The molecule has 0 radical (unpaired) electrons. The first kappa shape index (κ1) is 23.8. The maximum Gasteiger partial charge on any atom is 0.342 e. The van der Waals surface area contributed by atoms with Gasteiger partial charge in [0.2, 0.25) is 0 Å². The molecule has 4 aromatic rings. The Hall–Kier alpha value is -4.31. The maximum absolute atomic E-state index is 12.4. The zero-order valence-corrected chi connectivity index (χ0v) is 19.7. The molecule has 0 aliphatic carbocycles. The van der Waals surface area contributed by atoms with Crippen LogP contribution in [0, 0.1) is 0 Å². The first-order chi connectivity index (χ1) is 17.0. The summed E-state index contributed by atoms with van der Waals surface area (Å²) in [6, 6.07) is 21.3. The molecule has 0 saturated carbocycles. The third-order valence-corrected chi connectivity index (χ3v) is 5.79. The van der Waals surface area contributed by atoms with Crippen LogP contribution in [0.15, 0.2) is 83.1 Å².